The van der Waals surface area contributed by atoms with Crippen molar-refractivity contribution in [2.45, 2.75) is 0 Å². The number of hydrogen-bond acceptors (Lipinski definition) is 4. The number of carbonyl (C=O) groups excluding carboxylic acids is 1. The van der Waals surface area contributed by atoms with Crippen LogP contribution in [-0.4, -0.2) is 21.9 Å². The van der Waals surface area contributed by atoms with Crippen LogP contribution in [0.1, 0.15) is 16.1 Å². The van der Waals surface area contributed by atoms with E-state index >= 15 is 0 Å². The van der Waals surface area contributed by atoms with E-state index in [1.54, 1.807) is 36.4 Å². The normalized spacial score (nSPS) is 11.1. The fourth-order valence-electron chi connectivity index (χ4n) is 2.27. The second-order valence-corrected chi connectivity index (χ2v) is 5.08. The Morgan fingerprint density at radius 1 is 1.21 bits per heavy atom. The second kappa shape index (κ2) is 6.41. The Morgan fingerprint density at radius 3 is 2.71 bits per heavy atom. The third-order valence-electron chi connectivity index (χ3n) is 3.40. The Labute approximate surface area is 136 Å². The van der Waals surface area contributed by atoms with Gasteiger partial charge in [-0.25, -0.2) is 14.5 Å². The van der Waals surface area contributed by atoms with Crippen molar-refractivity contribution in [3.8, 4) is 0 Å². The number of nitrogens with one attached hydrogen (secondary N) is 1. The standard InChI is InChI=1S/C17H13FN4O2/c1-22-17(24)14-8-3-2-7-13(14)15(21-22)16(23)20-19-10-11-5-4-6-12(18)9-11/h2-10H,1H3,(H,20,23)/b19-10-. The number of aryl methyl sites for hydroxylation is 1. The highest BCUT2D eigenvalue weighted by atomic mass is 19.1. The number of hydrogen-bond donors (Lipinski definition) is 1. The summed E-state index contributed by atoms with van der Waals surface area (Å²) in [6.07, 6.45) is 1.32. The summed E-state index contributed by atoms with van der Waals surface area (Å²) in [4.78, 5) is 24.3. The maximum absolute atomic E-state index is 13.1. The number of hydrazone groups is 1. The van der Waals surface area contributed by atoms with Crippen LogP contribution in [0.15, 0.2) is 58.4 Å². The van der Waals surface area contributed by atoms with E-state index < -0.39 is 11.7 Å². The molecule has 0 unspecified atom stereocenters. The summed E-state index contributed by atoms with van der Waals surface area (Å²) in [6, 6.07) is 12.5. The summed E-state index contributed by atoms with van der Waals surface area (Å²) in [7, 11) is 1.47. The van der Waals surface area contributed by atoms with Gasteiger partial charge in [-0.15, -0.1) is 0 Å². The summed E-state index contributed by atoms with van der Waals surface area (Å²) < 4.78 is 14.2. The molecule has 1 amide bonds. The van der Waals surface area contributed by atoms with Crippen molar-refractivity contribution in [2.75, 3.05) is 0 Å². The monoisotopic (exact) mass is 324 g/mol. The number of halogens is 1. The van der Waals surface area contributed by atoms with Gasteiger partial charge in [0.25, 0.3) is 11.5 Å². The minimum absolute atomic E-state index is 0.0871. The SMILES string of the molecule is Cn1nc(C(=O)N/N=C\c2cccc(F)c2)c2ccccc2c1=O. The van der Waals surface area contributed by atoms with Crippen LogP contribution in [0, 0.1) is 5.82 Å². The Bertz CT molecular complexity index is 1010. The molecule has 0 saturated heterocycles. The van der Waals surface area contributed by atoms with Gasteiger partial charge in [-0.05, 0) is 23.8 Å². The molecule has 0 spiro atoms. The molecule has 3 aromatic rings. The first kappa shape index (κ1) is 15.5. The predicted octanol–water partition coefficient (Wildman–Crippen LogP) is 1.84. The maximum atomic E-state index is 13.1. The lowest BCUT2D eigenvalue weighted by atomic mass is 10.1. The van der Waals surface area contributed by atoms with Gasteiger partial charge in [0.1, 0.15) is 5.82 Å². The number of nitrogens with zero attached hydrogens (tertiary/aromatic N) is 3. The first-order valence-electron chi connectivity index (χ1n) is 7.11. The van der Waals surface area contributed by atoms with Crippen molar-refractivity contribution in [1.82, 2.24) is 15.2 Å². The van der Waals surface area contributed by atoms with Crippen LogP contribution < -0.4 is 11.0 Å². The van der Waals surface area contributed by atoms with Crippen LogP contribution in [0.4, 0.5) is 4.39 Å². The summed E-state index contributed by atoms with van der Waals surface area (Å²) >= 11 is 0. The predicted molar refractivity (Wildman–Crippen MR) is 88.4 cm³/mol. The molecule has 0 radical (unpaired) electrons. The van der Waals surface area contributed by atoms with E-state index in [0.717, 1.165) is 4.68 Å². The number of carbonyl (C=O) groups is 1. The van der Waals surface area contributed by atoms with Gasteiger partial charge in [0.05, 0.1) is 11.6 Å². The van der Waals surface area contributed by atoms with Crippen LogP contribution in [-0.2, 0) is 7.05 Å². The zero-order chi connectivity index (χ0) is 17.1. The number of aromatic nitrogens is 2. The molecule has 2 aromatic carbocycles. The fourth-order valence-corrected chi connectivity index (χ4v) is 2.27. The van der Waals surface area contributed by atoms with Gasteiger partial charge in [-0.3, -0.25) is 9.59 Å². The average molecular weight is 324 g/mol. The van der Waals surface area contributed by atoms with Gasteiger partial charge in [0.15, 0.2) is 5.69 Å². The zero-order valence-electron chi connectivity index (χ0n) is 12.7. The minimum atomic E-state index is -0.561. The fraction of sp³-hybridized carbons (Fsp3) is 0.0588. The zero-order valence-corrected chi connectivity index (χ0v) is 12.7. The molecule has 0 aliphatic carbocycles. The third kappa shape index (κ3) is 3.05. The molecular weight excluding hydrogens is 311 g/mol. The van der Waals surface area contributed by atoms with Gasteiger partial charge in [0.2, 0.25) is 0 Å². The third-order valence-corrected chi connectivity index (χ3v) is 3.40. The van der Waals surface area contributed by atoms with E-state index in [4.69, 9.17) is 0 Å². The Hall–Kier alpha value is -3.35. The van der Waals surface area contributed by atoms with E-state index in [1.165, 1.54) is 25.4 Å². The van der Waals surface area contributed by atoms with Gasteiger partial charge in [0, 0.05) is 12.4 Å². The van der Waals surface area contributed by atoms with Crippen molar-refractivity contribution in [3.05, 3.63) is 76.0 Å². The van der Waals surface area contributed by atoms with Crippen LogP contribution in [0.25, 0.3) is 10.8 Å². The lowest BCUT2D eigenvalue weighted by molar-refractivity contribution is 0.0950. The Morgan fingerprint density at radius 2 is 1.96 bits per heavy atom. The summed E-state index contributed by atoms with van der Waals surface area (Å²) in [6.45, 7) is 0. The van der Waals surface area contributed by atoms with Gasteiger partial charge >= 0.3 is 0 Å². The molecule has 0 fully saturated rings. The quantitative estimate of drug-likeness (QED) is 0.590. The molecule has 0 atom stereocenters. The Balaban J connectivity index is 1.89. The highest BCUT2D eigenvalue weighted by Crippen LogP contribution is 2.12. The molecule has 0 bridgehead atoms. The lowest BCUT2D eigenvalue weighted by Gasteiger charge is -2.06. The molecular formula is C17H13FN4O2. The van der Waals surface area contributed by atoms with E-state index in [1.807, 2.05) is 0 Å². The first-order valence-corrected chi connectivity index (χ1v) is 7.11. The highest BCUT2D eigenvalue weighted by Gasteiger charge is 2.14. The number of fused-ring (bicyclic) bond motifs is 1. The molecule has 1 heterocycles. The van der Waals surface area contributed by atoms with Crippen LogP contribution in [0.3, 0.4) is 0 Å². The molecule has 1 aromatic heterocycles. The Kier molecular flexibility index (Phi) is 4.15. The van der Waals surface area contributed by atoms with Crippen LogP contribution in [0.2, 0.25) is 0 Å². The molecule has 0 aliphatic rings. The van der Waals surface area contributed by atoms with E-state index in [9.17, 15) is 14.0 Å². The number of rotatable bonds is 3. The summed E-state index contributed by atoms with van der Waals surface area (Å²) in [5.74, 6) is -0.953. The van der Waals surface area contributed by atoms with Crippen molar-refractivity contribution < 1.29 is 9.18 Å². The first-order chi connectivity index (χ1) is 11.6. The summed E-state index contributed by atoms with van der Waals surface area (Å²) in [5.41, 5.74) is 2.64. The van der Waals surface area contributed by atoms with E-state index in [-0.39, 0.29) is 11.3 Å². The average Bonchev–Trinajstić information content (AvgIpc) is 2.58. The lowest BCUT2D eigenvalue weighted by Crippen LogP contribution is -2.27. The van der Waals surface area contributed by atoms with Crippen LogP contribution in [0.5, 0.6) is 0 Å². The molecule has 0 aliphatic heterocycles. The molecule has 24 heavy (non-hydrogen) atoms. The molecule has 120 valence electrons. The van der Waals surface area contributed by atoms with Crippen molar-refractivity contribution >= 4 is 22.9 Å². The molecule has 0 saturated carbocycles. The molecule has 3 rings (SSSR count). The van der Waals surface area contributed by atoms with Crippen molar-refractivity contribution in [1.29, 1.82) is 0 Å². The topological polar surface area (TPSA) is 76.3 Å². The van der Waals surface area contributed by atoms with Crippen LogP contribution >= 0.6 is 0 Å². The second-order valence-electron chi connectivity index (χ2n) is 5.08. The maximum Gasteiger partial charge on any atom is 0.292 e. The van der Waals surface area contributed by atoms with E-state index in [0.29, 0.717) is 16.3 Å². The smallest absolute Gasteiger partial charge is 0.267 e. The molecule has 6 nitrogen and oxygen atoms in total. The largest absolute Gasteiger partial charge is 0.292 e. The highest BCUT2D eigenvalue weighted by molar-refractivity contribution is 6.04. The van der Waals surface area contributed by atoms with Crippen molar-refractivity contribution in [2.24, 2.45) is 12.1 Å². The van der Waals surface area contributed by atoms with Gasteiger partial charge in [-0.1, -0.05) is 30.3 Å². The number of benzene rings is 2. The van der Waals surface area contributed by atoms with Gasteiger partial charge < -0.3 is 0 Å². The summed E-state index contributed by atoms with van der Waals surface area (Å²) in [5, 5.41) is 8.64. The van der Waals surface area contributed by atoms with Crippen molar-refractivity contribution in [3.63, 3.8) is 0 Å². The molecule has 1 N–H and O–H groups in total. The number of amides is 1. The van der Waals surface area contributed by atoms with Gasteiger partial charge in [-0.2, -0.15) is 10.2 Å². The minimum Gasteiger partial charge on any atom is -0.267 e. The molecule has 7 heteroatoms. The van der Waals surface area contributed by atoms with E-state index in [2.05, 4.69) is 15.6 Å².